The number of ether oxygens (including phenoxy) is 1. The first-order valence-electron chi connectivity index (χ1n) is 9.43. The minimum absolute atomic E-state index is 0.290. The lowest BCUT2D eigenvalue weighted by molar-refractivity contribution is 0.0648. The summed E-state index contributed by atoms with van der Waals surface area (Å²) in [7, 11) is 1.61. The first-order chi connectivity index (χ1) is 13.5. The van der Waals surface area contributed by atoms with E-state index in [1.165, 1.54) is 12.1 Å². The zero-order chi connectivity index (χ0) is 19.7. The molecule has 1 aliphatic carbocycles. The monoisotopic (exact) mass is 396 g/mol. The van der Waals surface area contributed by atoms with Gasteiger partial charge >= 0.3 is 0 Å². The largest absolute Gasteiger partial charge is 0.497 e. The second-order valence-corrected chi connectivity index (χ2v) is 7.57. The molecule has 1 spiro atoms. The zero-order valence-corrected chi connectivity index (χ0v) is 16.5. The summed E-state index contributed by atoms with van der Waals surface area (Å²) < 4.78 is 18.9. The third-order valence-corrected chi connectivity index (χ3v) is 5.81. The maximum absolute atomic E-state index is 13.7. The number of aliphatic imine (C=N–C) groups is 1. The van der Waals surface area contributed by atoms with Crippen LogP contribution in [0.5, 0.6) is 5.75 Å². The van der Waals surface area contributed by atoms with Gasteiger partial charge in [0.25, 0.3) is 5.91 Å². The van der Waals surface area contributed by atoms with Crippen LogP contribution in [-0.2, 0) is 0 Å². The maximum atomic E-state index is 13.7. The van der Waals surface area contributed by atoms with Crippen LogP contribution >= 0.6 is 12.2 Å². The minimum atomic E-state index is -0.673. The fraction of sp³-hybridized carbons (Fsp3) is 0.318. The Bertz CT molecular complexity index is 949. The second-order valence-electron chi connectivity index (χ2n) is 7.19. The van der Waals surface area contributed by atoms with Crippen molar-refractivity contribution in [1.29, 1.82) is 0 Å². The predicted molar refractivity (Wildman–Crippen MR) is 111 cm³/mol. The van der Waals surface area contributed by atoms with E-state index in [1.807, 2.05) is 24.3 Å². The Labute approximate surface area is 169 Å². The summed E-state index contributed by atoms with van der Waals surface area (Å²) in [4.78, 5) is 20.3. The van der Waals surface area contributed by atoms with Crippen LogP contribution in [0.3, 0.4) is 0 Å². The Morgan fingerprint density at radius 3 is 2.50 bits per heavy atom. The van der Waals surface area contributed by atoms with E-state index in [1.54, 1.807) is 24.1 Å². The van der Waals surface area contributed by atoms with Crippen molar-refractivity contribution in [2.75, 3.05) is 7.11 Å². The minimum Gasteiger partial charge on any atom is -0.497 e. The molecule has 2 aliphatic rings. The molecule has 1 saturated carbocycles. The molecule has 1 aliphatic heterocycles. The van der Waals surface area contributed by atoms with Crippen LogP contribution in [0.25, 0.3) is 0 Å². The van der Waals surface area contributed by atoms with Gasteiger partial charge in [-0.1, -0.05) is 24.7 Å². The molecule has 144 valence electrons. The number of carbonyl (C=O) groups excluding carboxylic acids is 1. The molecule has 2 aromatic carbocycles. The fourth-order valence-electron chi connectivity index (χ4n) is 4.02. The molecular formula is C22H21FN2O2S. The van der Waals surface area contributed by atoms with E-state index in [9.17, 15) is 9.18 Å². The van der Waals surface area contributed by atoms with Gasteiger partial charge in [-0.2, -0.15) is 0 Å². The smallest absolute Gasteiger partial charge is 0.261 e. The van der Waals surface area contributed by atoms with Gasteiger partial charge < -0.3 is 4.74 Å². The zero-order valence-electron chi connectivity index (χ0n) is 15.7. The highest BCUT2D eigenvalue weighted by Gasteiger charge is 2.49. The van der Waals surface area contributed by atoms with Crippen molar-refractivity contribution in [1.82, 2.24) is 4.90 Å². The summed E-state index contributed by atoms with van der Waals surface area (Å²) in [5, 5.41) is 0. The van der Waals surface area contributed by atoms with Gasteiger partial charge in [0, 0.05) is 11.1 Å². The number of thiocarbonyl (C=S) groups is 1. The van der Waals surface area contributed by atoms with Crippen molar-refractivity contribution < 1.29 is 13.9 Å². The molecule has 0 saturated heterocycles. The van der Waals surface area contributed by atoms with E-state index in [-0.39, 0.29) is 5.91 Å². The van der Waals surface area contributed by atoms with Crippen molar-refractivity contribution in [3.05, 3.63) is 65.5 Å². The maximum Gasteiger partial charge on any atom is 0.261 e. The molecule has 1 heterocycles. The number of hydrogen-bond acceptors (Lipinski definition) is 4. The Balaban J connectivity index is 1.75. The molecule has 0 unspecified atom stereocenters. The molecule has 1 fully saturated rings. The summed E-state index contributed by atoms with van der Waals surface area (Å²) >= 11 is 5.72. The Hall–Kier alpha value is -2.60. The van der Waals surface area contributed by atoms with Gasteiger partial charge in [0.15, 0.2) is 0 Å². The van der Waals surface area contributed by atoms with Crippen LogP contribution in [-0.4, -0.2) is 34.3 Å². The number of nitrogens with zero attached hydrogens (tertiary/aromatic N) is 2. The fourth-order valence-corrected chi connectivity index (χ4v) is 4.44. The van der Waals surface area contributed by atoms with Gasteiger partial charge in [0.1, 0.15) is 27.9 Å². The summed E-state index contributed by atoms with van der Waals surface area (Å²) in [5.74, 6) is 0.0111. The summed E-state index contributed by atoms with van der Waals surface area (Å²) in [6, 6.07) is 13.3. The average molecular weight is 396 g/mol. The number of carbonyl (C=O) groups is 1. The van der Waals surface area contributed by atoms with Crippen molar-refractivity contribution in [3.8, 4) is 5.75 Å². The molecule has 4 rings (SSSR count). The summed E-state index contributed by atoms with van der Waals surface area (Å²) in [6.45, 7) is 0. The Morgan fingerprint density at radius 2 is 1.86 bits per heavy atom. The lowest BCUT2D eigenvalue weighted by Crippen LogP contribution is -2.50. The van der Waals surface area contributed by atoms with Gasteiger partial charge in [0.05, 0.1) is 7.11 Å². The lowest BCUT2D eigenvalue weighted by Gasteiger charge is -2.38. The van der Waals surface area contributed by atoms with Crippen LogP contribution in [0.2, 0.25) is 0 Å². The van der Waals surface area contributed by atoms with Crippen LogP contribution in [0, 0.1) is 5.82 Å². The van der Waals surface area contributed by atoms with Crippen molar-refractivity contribution in [2.45, 2.75) is 37.8 Å². The lowest BCUT2D eigenvalue weighted by atomic mass is 9.88. The first kappa shape index (κ1) is 18.7. The number of rotatable bonds is 3. The van der Waals surface area contributed by atoms with E-state index in [0.29, 0.717) is 16.3 Å². The highest BCUT2D eigenvalue weighted by Crippen LogP contribution is 2.41. The number of methoxy groups -OCH3 is 1. The van der Waals surface area contributed by atoms with E-state index in [2.05, 4.69) is 0 Å². The average Bonchev–Trinajstić information content (AvgIpc) is 2.99. The van der Waals surface area contributed by atoms with Crippen molar-refractivity contribution in [2.24, 2.45) is 4.99 Å². The van der Waals surface area contributed by atoms with Crippen LogP contribution in [0.1, 0.15) is 48.0 Å². The van der Waals surface area contributed by atoms with E-state index >= 15 is 0 Å². The number of hydrogen-bond donors (Lipinski definition) is 0. The SMILES string of the molecule is COc1ccc(C2=NC3(CCCCC3)N(C(=O)c3cccc(F)c3)C2=S)cc1. The molecule has 0 atom stereocenters. The number of amides is 1. The molecule has 6 heteroatoms. The normalized spacial score (nSPS) is 18.3. The van der Waals surface area contributed by atoms with E-state index < -0.39 is 11.5 Å². The molecular weight excluding hydrogens is 375 g/mol. The highest BCUT2D eigenvalue weighted by atomic mass is 32.1. The van der Waals surface area contributed by atoms with Gasteiger partial charge in [-0.05, 0) is 68.1 Å². The number of halogens is 1. The molecule has 0 aromatic heterocycles. The highest BCUT2D eigenvalue weighted by molar-refractivity contribution is 7.82. The molecule has 0 radical (unpaired) electrons. The van der Waals surface area contributed by atoms with E-state index in [0.717, 1.165) is 43.4 Å². The van der Waals surface area contributed by atoms with Gasteiger partial charge in [-0.25, -0.2) is 4.39 Å². The molecule has 4 nitrogen and oxygen atoms in total. The van der Waals surface area contributed by atoms with Crippen molar-refractivity contribution in [3.63, 3.8) is 0 Å². The third kappa shape index (κ3) is 3.22. The van der Waals surface area contributed by atoms with Crippen molar-refractivity contribution >= 4 is 28.8 Å². The quantitative estimate of drug-likeness (QED) is 0.702. The molecule has 1 amide bonds. The summed E-state index contributed by atoms with van der Waals surface area (Å²) in [5.41, 5.74) is 1.11. The first-order valence-corrected chi connectivity index (χ1v) is 9.84. The molecule has 0 N–H and O–H groups in total. The van der Waals surface area contributed by atoms with Crippen LogP contribution in [0.15, 0.2) is 53.5 Å². The van der Waals surface area contributed by atoms with Crippen LogP contribution < -0.4 is 4.74 Å². The Kier molecular flexibility index (Phi) is 4.98. The molecule has 2 aromatic rings. The molecule has 28 heavy (non-hydrogen) atoms. The van der Waals surface area contributed by atoms with Gasteiger partial charge in [0.2, 0.25) is 0 Å². The standard InChI is InChI=1S/C22H21FN2O2S/c1-27-18-10-8-15(9-11-18)19-21(28)25(22(24-19)12-3-2-4-13-22)20(26)16-6-5-7-17(23)14-16/h5-11,14H,2-4,12-13H2,1H3. The van der Waals surface area contributed by atoms with E-state index in [4.69, 9.17) is 21.9 Å². The van der Waals surface area contributed by atoms with Crippen LogP contribution in [0.4, 0.5) is 4.39 Å². The second kappa shape index (κ2) is 7.43. The molecule has 0 bridgehead atoms. The summed E-state index contributed by atoms with van der Waals surface area (Å²) in [6.07, 6.45) is 4.59. The predicted octanol–water partition coefficient (Wildman–Crippen LogP) is 4.77. The van der Waals surface area contributed by atoms with Gasteiger partial charge in [-0.15, -0.1) is 0 Å². The topological polar surface area (TPSA) is 41.9 Å². The van der Waals surface area contributed by atoms with Gasteiger partial charge in [-0.3, -0.25) is 14.7 Å². The third-order valence-electron chi connectivity index (χ3n) is 5.43. The Morgan fingerprint density at radius 1 is 1.14 bits per heavy atom. The number of benzene rings is 2.